The Kier molecular flexibility index (Phi) is 2.02. The van der Waals surface area contributed by atoms with Gasteiger partial charge in [-0.2, -0.15) is 0 Å². The fourth-order valence-electron chi connectivity index (χ4n) is 1.82. The van der Waals surface area contributed by atoms with Gasteiger partial charge in [0.2, 0.25) is 0 Å². The first kappa shape index (κ1) is 9.30. The number of rotatable bonds is 2. The molecule has 0 spiro atoms. The van der Waals surface area contributed by atoms with Crippen molar-refractivity contribution in [3.63, 3.8) is 0 Å². The van der Waals surface area contributed by atoms with Gasteiger partial charge in [-0.3, -0.25) is 4.79 Å². The highest BCUT2D eigenvalue weighted by Gasteiger charge is 2.60. The van der Waals surface area contributed by atoms with Gasteiger partial charge in [0, 0.05) is 0 Å². The van der Waals surface area contributed by atoms with Crippen LogP contribution in [0, 0.1) is 17.3 Å². The van der Waals surface area contributed by atoms with Crippen LogP contribution in [0.4, 0.5) is 0 Å². The first-order valence-electron chi connectivity index (χ1n) is 4.25. The predicted octanol–water partition coefficient (Wildman–Crippen LogP) is 2.31. The Morgan fingerprint density at radius 1 is 1.42 bits per heavy atom. The lowest BCUT2D eigenvalue weighted by Crippen LogP contribution is -2.02. The third-order valence-electron chi connectivity index (χ3n) is 2.69. The second-order valence-corrected chi connectivity index (χ2v) is 4.41. The molecule has 0 heterocycles. The first-order chi connectivity index (χ1) is 5.37. The fourth-order valence-corrected chi connectivity index (χ4v) is 1.82. The Balaban J connectivity index is 2.73. The number of hydrogen-bond donors (Lipinski definition) is 1. The van der Waals surface area contributed by atoms with E-state index in [1.807, 2.05) is 27.7 Å². The van der Waals surface area contributed by atoms with E-state index in [1.165, 1.54) is 5.57 Å². The topological polar surface area (TPSA) is 37.3 Å². The number of carbonyl (C=O) groups is 1. The standard InChI is InChI=1S/C10H16O2/c1-6(2)5-7-8(9(11)12)10(7,3)4/h5,7-8H,1-4H3,(H,11,12)/t7-,8+/m1/s1. The molecule has 1 aliphatic rings. The Morgan fingerprint density at radius 3 is 2.17 bits per heavy atom. The minimum absolute atomic E-state index is 0.0386. The molecule has 0 saturated heterocycles. The van der Waals surface area contributed by atoms with Gasteiger partial charge in [-0.05, 0) is 25.2 Å². The maximum Gasteiger partial charge on any atom is 0.307 e. The summed E-state index contributed by atoms with van der Waals surface area (Å²) in [5, 5.41) is 8.84. The van der Waals surface area contributed by atoms with Gasteiger partial charge in [0.1, 0.15) is 0 Å². The van der Waals surface area contributed by atoms with Crippen LogP contribution in [-0.4, -0.2) is 11.1 Å². The second-order valence-electron chi connectivity index (χ2n) is 4.41. The van der Waals surface area contributed by atoms with Crippen LogP contribution in [0.3, 0.4) is 0 Å². The Bertz CT molecular complexity index is 234. The molecule has 68 valence electrons. The van der Waals surface area contributed by atoms with Crippen molar-refractivity contribution in [1.29, 1.82) is 0 Å². The van der Waals surface area contributed by atoms with Crippen LogP contribution < -0.4 is 0 Å². The van der Waals surface area contributed by atoms with Gasteiger partial charge in [0.25, 0.3) is 0 Å². The lowest BCUT2D eigenvalue weighted by Gasteiger charge is -1.96. The van der Waals surface area contributed by atoms with Gasteiger partial charge in [-0.25, -0.2) is 0 Å². The predicted molar refractivity (Wildman–Crippen MR) is 47.8 cm³/mol. The van der Waals surface area contributed by atoms with E-state index in [9.17, 15) is 4.79 Å². The molecule has 1 fully saturated rings. The minimum atomic E-state index is -0.664. The molecule has 1 saturated carbocycles. The van der Waals surface area contributed by atoms with Gasteiger partial charge in [0.05, 0.1) is 5.92 Å². The van der Waals surface area contributed by atoms with Crippen molar-refractivity contribution in [2.45, 2.75) is 27.7 Å². The molecule has 2 nitrogen and oxygen atoms in total. The average Bonchev–Trinajstić information content (AvgIpc) is 2.32. The Labute approximate surface area is 73.3 Å². The van der Waals surface area contributed by atoms with Crippen LogP contribution in [0.1, 0.15) is 27.7 Å². The zero-order valence-corrected chi connectivity index (χ0v) is 8.09. The molecule has 0 bridgehead atoms. The van der Waals surface area contributed by atoms with Gasteiger partial charge in [-0.1, -0.05) is 25.5 Å². The molecule has 2 heteroatoms. The van der Waals surface area contributed by atoms with Crippen LogP contribution in [0.2, 0.25) is 0 Å². The van der Waals surface area contributed by atoms with E-state index in [1.54, 1.807) is 0 Å². The summed E-state index contributed by atoms with van der Waals surface area (Å²) in [6, 6.07) is 0. The highest BCUT2D eigenvalue weighted by molar-refractivity contribution is 5.76. The molecule has 0 radical (unpaired) electrons. The molecule has 1 aliphatic carbocycles. The number of carboxylic acids is 1. The van der Waals surface area contributed by atoms with E-state index < -0.39 is 5.97 Å². The Hall–Kier alpha value is -0.790. The maximum atomic E-state index is 10.7. The van der Waals surface area contributed by atoms with Crippen LogP contribution in [0.15, 0.2) is 11.6 Å². The molecule has 1 N–H and O–H groups in total. The van der Waals surface area contributed by atoms with E-state index >= 15 is 0 Å². The summed E-state index contributed by atoms with van der Waals surface area (Å²) < 4.78 is 0. The van der Waals surface area contributed by atoms with Gasteiger partial charge in [0.15, 0.2) is 0 Å². The molecule has 0 aromatic heterocycles. The zero-order chi connectivity index (χ0) is 9.52. The first-order valence-corrected chi connectivity index (χ1v) is 4.25. The lowest BCUT2D eigenvalue weighted by molar-refractivity contribution is -0.139. The Morgan fingerprint density at radius 2 is 1.92 bits per heavy atom. The smallest absolute Gasteiger partial charge is 0.307 e. The van der Waals surface area contributed by atoms with Crippen molar-refractivity contribution in [2.24, 2.45) is 17.3 Å². The summed E-state index contributed by atoms with van der Waals surface area (Å²) in [7, 11) is 0. The molecule has 2 atom stereocenters. The quantitative estimate of drug-likeness (QED) is 0.642. The van der Waals surface area contributed by atoms with E-state index in [-0.39, 0.29) is 17.3 Å². The lowest BCUT2D eigenvalue weighted by atomic mass is 10.1. The highest BCUT2D eigenvalue weighted by atomic mass is 16.4. The molecule has 0 unspecified atom stereocenters. The van der Waals surface area contributed by atoms with Crippen molar-refractivity contribution in [3.05, 3.63) is 11.6 Å². The zero-order valence-electron chi connectivity index (χ0n) is 8.09. The van der Waals surface area contributed by atoms with E-state index in [2.05, 4.69) is 6.08 Å². The van der Waals surface area contributed by atoms with Crippen molar-refractivity contribution in [3.8, 4) is 0 Å². The molecule has 12 heavy (non-hydrogen) atoms. The monoisotopic (exact) mass is 168 g/mol. The molecular formula is C10H16O2. The molecule has 1 rings (SSSR count). The van der Waals surface area contributed by atoms with Gasteiger partial charge < -0.3 is 5.11 Å². The number of aliphatic carboxylic acids is 1. The molecule has 0 aliphatic heterocycles. The van der Waals surface area contributed by atoms with E-state index in [0.717, 1.165) is 0 Å². The largest absolute Gasteiger partial charge is 0.481 e. The average molecular weight is 168 g/mol. The number of allylic oxidation sites excluding steroid dienone is 2. The van der Waals surface area contributed by atoms with Crippen molar-refractivity contribution in [2.75, 3.05) is 0 Å². The summed E-state index contributed by atoms with van der Waals surface area (Å²) in [5.41, 5.74) is 1.17. The second kappa shape index (κ2) is 2.61. The molecule has 0 amide bonds. The van der Waals surface area contributed by atoms with Crippen molar-refractivity contribution in [1.82, 2.24) is 0 Å². The van der Waals surface area contributed by atoms with Gasteiger partial charge >= 0.3 is 5.97 Å². The third kappa shape index (κ3) is 1.38. The number of carboxylic acid groups (broad SMARTS) is 1. The molecular weight excluding hydrogens is 152 g/mol. The summed E-state index contributed by atoms with van der Waals surface area (Å²) in [6.07, 6.45) is 2.07. The van der Waals surface area contributed by atoms with Crippen molar-refractivity contribution < 1.29 is 9.90 Å². The minimum Gasteiger partial charge on any atom is -0.481 e. The van der Waals surface area contributed by atoms with Gasteiger partial charge in [-0.15, -0.1) is 0 Å². The van der Waals surface area contributed by atoms with Crippen LogP contribution in [0.25, 0.3) is 0 Å². The van der Waals surface area contributed by atoms with Crippen LogP contribution >= 0.6 is 0 Å². The SMILES string of the molecule is CC(C)=C[C@@H]1[C@@H](C(=O)O)C1(C)C. The normalized spacial score (nSPS) is 31.0. The number of hydrogen-bond acceptors (Lipinski definition) is 1. The maximum absolute atomic E-state index is 10.7. The summed E-state index contributed by atoms with van der Waals surface area (Å²) >= 11 is 0. The fraction of sp³-hybridized carbons (Fsp3) is 0.700. The summed E-state index contributed by atoms with van der Waals surface area (Å²) in [5.74, 6) is -0.602. The van der Waals surface area contributed by atoms with Crippen LogP contribution in [0.5, 0.6) is 0 Å². The molecule has 0 aromatic carbocycles. The summed E-state index contributed by atoms with van der Waals surface area (Å²) in [4.78, 5) is 10.7. The van der Waals surface area contributed by atoms with Crippen molar-refractivity contribution >= 4 is 5.97 Å². The van der Waals surface area contributed by atoms with Crippen LogP contribution in [-0.2, 0) is 4.79 Å². The molecule has 0 aromatic rings. The van der Waals surface area contributed by atoms with E-state index in [0.29, 0.717) is 0 Å². The van der Waals surface area contributed by atoms with E-state index in [4.69, 9.17) is 5.11 Å². The third-order valence-corrected chi connectivity index (χ3v) is 2.69. The highest BCUT2D eigenvalue weighted by Crippen LogP contribution is 2.59. The summed E-state index contributed by atoms with van der Waals surface area (Å²) in [6.45, 7) is 8.03.